The molecule has 0 saturated carbocycles. The van der Waals surface area contributed by atoms with Crippen LogP contribution in [0.1, 0.15) is 50.7 Å². The zero-order valence-electron chi connectivity index (χ0n) is 13.2. The van der Waals surface area contributed by atoms with Gasteiger partial charge in [-0.05, 0) is 69.9 Å². The van der Waals surface area contributed by atoms with Gasteiger partial charge < -0.3 is 9.64 Å². The van der Waals surface area contributed by atoms with Crippen molar-refractivity contribution in [2.75, 3.05) is 27.2 Å². The highest BCUT2D eigenvalue weighted by Crippen LogP contribution is 2.30. The number of hydrogen-bond acceptors (Lipinski definition) is 2. The van der Waals surface area contributed by atoms with Gasteiger partial charge in [0, 0.05) is 0 Å². The summed E-state index contributed by atoms with van der Waals surface area (Å²) in [6.45, 7) is 8.45. The van der Waals surface area contributed by atoms with E-state index in [0.29, 0.717) is 5.92 Å². The van der Waals surface area contributed by atoms with Gasteiger partial charge in [-0.25, -0.2) is 0 Å². The Balaban J connectivity index is 2.79. The average Bonchev–Trinajstić information content (AvgIpc) is 2.39. The highest BCUT2D eigenvalue weighted by molar-refractivity contribution is 5.39. The Morgan fingerprint density at radius 1 is 1.21 bits per heavy atom. The van der Waals surface area contributed by atoms with Crippen molar-refractivity contribution in [2.45, 2.75) is 46.0 Å². The largest absolute Gasteiger partial charge is 0.494 e. The molecule has 108 valence electrons. The van der Waals surface area contributed by atoms with Gasteiger partial charge in [0.2, 0.25) is 0 Å². The van der Waals surface area contributed by atoms with E-state index in [0.717, 1.165) is 31.7 Å². The molecule has 1 aromatic carbocycles. The molecule has 1 atom stereocenters. The van der Waals surface area contributed by atoms with E-state index in [-0.39, 0.29) is 0 Å². The van der Waals surface area contributed by atoms with Gasteiger partial charge in [-0.1, -0.05) is 26.0 Å². The molecule has 0 bridgehead atoms. The van der Waals surface area contributed by atoms with Crippen LogP contribution in [0.3, 0.4) is 0 Å². The van der Waals surface area contributed by atoms with Crippen molar-refractivity contribution in [1.82, 2.24) is 4.90 Å². The normalized spacial score (nSPS) is 12.7. The first kappa shape index (κ1) is 16.0. The molecular formula is C17H29NO. The maximum absolute atomic E-state index is 5.75. The Morgan fingerprint density at radius 2 is 1.95 bits per heavy atom. The molecule has 0 aliphatic carbocycles. The predicted molar refractivity (Wildman–Crippen MR) is 83.2 cm³/mol. The van der Waals surface area contributed by atoms with E-state index in [1.165, 1.54) is 17.5 Å². The molecule has 0 aliphatic heterocycles. The third-order valence-electron chi connectivity index (χ3n) is 3.59. The molecule has 1 rings (SSSR count). The minimum Gasteiger partial charge on any atom is -0.494 e. The molecule has 0 aliphatic rings. The Labute approximate surface area is 118 Å². The SMILES string of the molecule is CCOc1ccc(CCCN(C)C)cc1C(C)CC. The Morgan fingerprint density at radius 3 is 2.53 bits per heavy atom. The lowest BCUT2D eigenvalue weighted by atomic mass is 9.94. The van der Waals surface area contributed by atoms with Crippen LogP contribution in [0.5, 0.6) is 5.75 Å². The van der Waals surface area contributed by atoms with Gasteiger partial charge >= 0.3 is 0 Å². The van der Waals surface area contributed by atoms with Crippen molar-refractivity contribution in [3.63, 3.8) is 0 Å². The van der Waals surface area contributed by atoms with Crippen LogP contribution in [-0.2, 0) is 6.42 Å². The molecule has 0 amide bonds. The fourth-order valence-corrected chi connectivity index (χ4v) is 2.24. The second kappa shape index (κ2) is 8.21. The molecule has 1 unspecified atom stereocenters. The third kappa shape index (κ3) is 5.23. The van der Waals surface area contributed by atoms with Gasteiger partial charge in [-0.3, -0.25) is 0 Å². The second-order valence-electron chi connectivity index (χ2n) is 5.52. The van der Waals surface area contributed by atoms with Gasteiger partial charge in [-0.2, -0.15) is 0 Å². The van der Waals surface area contributed by atoms with Crippen molar-refractivity contribution in [3.8, 4) is 5.75 Å². The summed E-state index contributed by atoms with van der Waals surface area (Å²) >= 11 is 0. The molecule has 0 heterocycles. The fourth-order valence-electron chi connectivity index (χ4n) is 2.24. The molecule has 0 saturated heterocycles. The molecule has 0 N–H and O–H groups in total. The van der Waals surface area contributed by atoms with E-state index in [4.69, 9.17) is 4.74 Å². The molecule has 0 spiro atoms. The van der Waals surface area contributed by atoms with Crippen molar-refractivity contribution in [2.24, 2.45) is 0 Å². The Hall–Kier alpha value is -1.02. The first-order valence-corrected chi connectivity index (χ1v) is 7.48. The number of ether oxygens (including phenoxy) is 1. The zero-order valence-corrected chi connectivity index (χ0v) is 13.2. The van der Waals surface area contributed by atoms with Gasteiger partial charge in [-0.15, -0.1) is 0 Å². The van der Waals surface area contributed by atoms with Gasteiger partial charge in [0.15, 0.2) is 0 Å². The van der Waals surface area contributed by atoms with Crippen LogP contribution >= 0.6 is 0 Å². The zero-order chi connectivity index (χ0) is 14.3. The second-order valence-corrected chi connectivity index (χ2v) is 5.52. The minimum atomic E-state index is 0.565. The molecule has 19 heavy (non-hydrogen) atoms. The van der Waals surface area contributed by atoms with Gasteiger partial charge in [0.05, 0.1) is 6.61 Å². The van der Waals surface area contributed by atoms with Gasteiger partial charge in [0.1, 0.15) is 5.75 Å². The number of rotatable bonds is 8. The predicted octanol–water partition coefficient (Wildman–Crippen LogP) is 4.09. The lowest BCUT2D eigenvalue weighted by Crippen LogP contribution is -2.13. The van der Waals surface area contributed by atoms with Crippen molar-refractivity contribution in [1.29, 1.82) is 0 Å². The van der Waals surface area contributed by atoms with Crippen LogP contribution in [0.15, 0.2) is 18.2 Å². The number of benzene rings is 1. The topological polar surface area (TPSA) is 12.5 Å². The molecule has 2 heteroatoms. The quantitative estimate of drug-likeness (QED) is 0.700. The number of hydrogen-bond donors (Lipinski definition) is 0. The Kier molecular flexibility index (Phi) is 6.93. The molecule has 2 nitrogen and oxygen atoms in total. The standard InChI is InChI=1S/C17H29NO/c1-6-14(3)16-13-15(9-8-12-18(4)5)10-11-17(16)19-7-2/h10-11,13-14H,6-9,12H2,1-5H3. The summed E-state index contributed by atoms with van der Waals surface area (Å²) in [6.07, 6.45) is 3.51. The summed E-state index contributed by atoms with van der Waals surface area (Å²) in [5.74, 6) is 1.63. The summed E-state index contributed by atoms with van der Waals surface area (Å²) in [4.78, 5) is 2.24. The van der Waals surface area contributed by atoms with E-state index in [1.807, 2.05) is 6.92 Å². The van der Waals surface area contributed by atoms with E-state index in [2.05, 4.69) is 51.0 Å². The van der Waals surface area contributed by atoms with Crippen LogP contribution in [0, 0.1) is 0 Å². The van der Waals surface area contributed by atoms with E-state index in [9.17, 15) is 0 Å². The van der Waals surface area contributed by atoms with Crippen molar-refractivity contribution < 1.29 is 4.74 Å². The first-order valence-electron chi connectivity index (χ1n) is 7.48. The van der Waals surface area contributed by atoms with Crippen LogP contribution in [0.4, 0.5) is 0 Å². The smallest absolute Gasteiger partial charge is 0.122 e. The highest BCUT2D eigenvalue weighted by Gasteiger charge is 2.11. The third-order valence-corrected chi connectivity index (χ3v) is 3.59. The van der Waals surface area contributed by atoms with E-state index >= 15 is 0 Å². The van der Waals surface area contributed by atoms with Crippen LogP contribution in [-0.4, -0.2) is 32.1 Å². The summed E-state index contributed by atoms with van der Waals surface area (Å²) in [6, 6.07) is 6.71. The maximum Gasteiger partial charge on any atom is 0.122 e. The maximum atomic E-state index is 5.75. The minimum absolute atomic E-state index is 0.565. The Bertz CT molecular complexity index is 374. The number of nitrogens with zero attached hydrogens (tertiary/aromatic N) is 1. The van der Waals surface area contributed by atoms with Crippen LogP contribution in [0.2, 0.25) is 0 Å². The van der Waals surface area contributed by atoms with E-state index in [1.54, 1.807) is 0 Å². The summed E-state index contributed by atoms with van der Waals surface area (Å²) in [5, 5.41) is 0. The van der Waals surface area contributed by atoms with Gasteiger partial charge in [0.25, 0.3) is 0 Å². The molecule has 0 fully saturated rings. The average molecular weight is 263 g/mol. The number of aryl methyl sites for hydroxylation is 1. The van der Waals surface area contributed by atoms with E-state index < -0.39 is 0 Å². The molecule has 1 aromatic rings. The molecular weight excluding hydrogens is 234 g/mol. The van der Waals surface area contributed by atoms with Crippen LogP contribution < -0.4 is 4.74 Å². The molecule has 0 radical (unpaired) electrons. The lowest BCUT2D eigenvalue weighted by molar-refractivity contribution is 0.334. The van der Waals surface area contributed by atoms with Crippen LogP contribution in [0.25, 0.3) is 0 Å². The van der Waals surface area contributed by atoms with Crippen molar-refractivity contribution >= 4 is 0 Å². The fraction of sp³-hybridized carbons (Fsp3) is 0.647. The monoisotopic (exact) mass is 263 g/mol. The first-order chi connectivity index (χ1) is 9.08. The summed E-state index contributed by atoms with van der Waals surface area (Å²) < 4.78 is 5.75. The summed E-state index contributed by atoms with van der Waals surface area (Å²) in [7, 11) is 4.26. The summed E-state index contributed by atoms with van der Waals surface area (Å²) in [5.41, 5.74) is 2.80. The van der Waals surface area contributed by atoms with Crippen molar-refractivity contribution in [3.05, 3.63) is 29.3 Å². The molecule has 0 aromatic heterocycles. The highest BCUT2D eigenvalue weighted by atomic mass is 16.5. The lowest BCUT2D eigenvalue weighted by Gasteiger charge is -2.17.